The Kier molecular flexibility index (Phi) is 3.54. The van der Waals surface area contributed by atoms with Gasteiger partial charge < -0.3 is 10.1 Å². The molecule has 1 aliphatic rings. The van der Waals surface area contributed by atoms with Crippen LogP contribution in [0.4, 0.5) is 5.82 Å². The highest BCUT2D eigenvalue weighted by atomic mass is 16.5. The summed E-state index contributed by atoms with van der Waals surface area (Å²) in [6, 6.07) is 9.96. The molecule has 0 spiro atoms. The predicted molar refractivity (Wildman–Crippen MR) is 80.2 cm³/mol. The number of anilines is 1. The summed E-state index contributed by atoms with van der Waals surface area (Å²) in [4.78, 5) is 9.32. The minimum atomic E-state index is 0.611. The first-order chi connectivity index (χ1) is 9.80. The number of nitrogens with zero attached hydrogens (tertiary/aromatic N) is 2. The van der Waals surface area contributed by atoms with E-state index in [9.17, 15) is 0 Å². The summed E-state index contributed by atoms with van der Waals surface area (Å²) in [6.45, 7) is 2.93. The monoisotopic (exact) mass is 269 g/mol. The van der Waals surface area contributed by atoms with Gasteiger partial charge in [0.25, 0.3) is 0 Å². The van der Waals surface area contributed by atoms with Gasteiger partial charge in [-0.15, -0.1) is 0 Å². The van der Waals surface area contributed by atoms with Crippen molar-refractivity contribution in [1.29, 1.82) is 0 Å². The molecule has 1 aliphatic carbocycles. The molecule has 0 atom stereocenters. The second-order valence-electron chi connectivity index (χ2n) is 5.04. The Morgan fingerprint density at radius 1 is 1.25 bits per heavy atom. The molecule has 0 saturated heterocycles. The Bertz CT molecular complexity index is 608. The van der Waals surface area contributed by atoms with Gasteiger partial charge in [-0.1, -0.05) is 12.1 Å². The van der Waals surface area contributed by atoms with Crippen LogP contribution in [-0.2, 0) is 0 Å². The van der Waals surface area contributed by atoms with Gasteiger partial charge in [-0.05, 0) is 31.9 Å². The smallest absolute Gasteiger partial charge is 0.161 e. The number of hydrogen-bond donors (Lipinski definition) is 1. The van der Waals surface area contributed by atoms with Gasteiger partial charge in [-0.3, -0.25) is 0 Å². The molecule has 3 rings (SSSR count). The highest BCUT2D eigenvalue weighted by Gasteiger charge is 2.26. The molecule has 1 aromatic carbocycles. The first-order valence-electron chi connectivity index (χ1n) is 7.07. The minimum absolute atomic E-state index is 0.611. The van der Waals surface area contributed by atoms with Crippen molar-refractivity contribution in [3.8, 4) is 17.1 Å². The first-order valence-corrected chi connectivity index (χ1v) is 7.07. The van der Waals surface area contributed by atoms with E-state index in [2.05, 4.69) is 23.3 Å². The summed E-state index contributed by atoms with van der Waals surface area (Å²) in [6.07, 6.45) is 2.47. The highest BCUT2D eigenvalue weighted by molar-refractivity contribution is 5.60. The molecule has 0 amide bonds. The van der Waals surface area contributed by atoms with Crippen molar-refractivity contribution < 1.29 is 4.74 Å². The lowest BCUT2D eigenvalue weighted by molar-refractivity contribution is 0.415. The van der Waals surface area contributed by atoms with Gasteiger partial charge in [0.15, 0.2) is 5.82 Å². The number of nitrogens with one attached hydrogen (secondary N) is 1. The SMILES string of the molecule is CCNc1cc(C2CC2)nc(-c2cccc(OC)c2)n1. The van der Waals surface area contributed by atoms with E-state index < -0.39 is 0 Å². The van der Waals surface area contributed by atoms with E-state index in [0.717, 1.165) is 35.2 Å². The van der Waals surface area contributed by atoms with E-state index in [1.54, 1.807) is 7.11 Å². The summed E-state index contributed by atoms with van der Waals surface area (Å²) in [5, 5.41) is 3.29. The highest BCUT2D eigenvalue weighted by Crippen LogP contribution is 2.40. The number of methoxy groups -OCH3 is 1. The standard InChI is InChI=1S/C16H19N3O/c1-3-17-15-10-14(11-7-8-11)18-16(19-15)12-5-4-6-13(9-12)20-2/h4-6,9-11H,3,7-8H2,1-2H3,(H,17,18,19). The molecule has 1 fully saturated rings. The fraction of sp³-hybridized carbons (Fsp3) is 0.375. The molecule has 4 heteroatoms. The van der Waals surface area contributed by atoms with Gasteiger partial charge in [0.05, 0.1) is 7.11 Å². The van der Waals surface area contributed by atoms with E-state index in [1.165, 1.54) is 12.8 Å². The summed E-state index contributed by atoms with van der Waals surface area (Å²) in [5.74, 6) is 3.11. The molecule has 1 saturated carbocycles. The zero-order valence-electron chi connectivity index (χ0n) is 11.9. The van der Waals surface area contributed by atoms with Crippen molar-refractivity contribution >= 4 is 5.82 Å². The minimum Gasteiger partial charge on any atom is -0.497 e. The second kappa shape index (κ2) is 5.49. The maximum atomic E-state index is 5.27. The van der Waals surface area contributed by atoms with Gasteiger partial charge in [0.1, 0.15) is 11.6 Å². The molecule has 0 bridgehead atoms. The van der Waals surface area contributed by atoms with Crippen molar-refractivity contribution in [2.24, 2.45) is 0 Å². The molecule has 0 radical (unpaired) electrons. The van der Waals surface area contributed by atoms with Crippen molar-refractivity contribution in [2.75, 3.05) is 19.0 Å². The van der Waals surface area contributed by atoms with Crippen LogP contribution in [0.1, 0.15) is 31.4 Å². The number of hydrogen-bond acceptors (Lipinski definition) is 4. The molecule has 104 valence electrons. The largest absolute Gasteiger partial charge is 0.497 e. The molecule has 1 heterocycles. The topological polar surface area (TPSA) is 47.0 Å². The summed E-state index contributed by atoms with van der Waals surface area (Å²) >= 11 is 0. The Labute approximate surface area is 119 Å². The lowest BCUT2D eigenvalue weighted by Gasteiger charge is -2.09. The molecule has 20 heavy (non-hydrogen) atoms. The van der Waals surface area contributed by atoms with E-state index in [-0.39, 0.29) is 0 Å². The molecule has 0 aliphatic heterocycles. The van der Waals surface area contributed by atoms with Crippen molar-refractivity contribution in [1.82, 2.24) is 9.97 Å². The third-order valence-electron chi connectivity index (χ3n) is 3.43. The Hall–Kier alpha value is -2.10. The quantitative estimate of drug-likeness (QED) is 0.903. The van der Waals surface area contributed by atoms with E-state index in [4.69, 9.17) is 9.72 Å². The van der Waals surface area contributed by atoms with E-state index in [0.29, 0.717) is 5.92 Å². The van der Waals surface area contributed by atoms with Gasteiger partial charge in [-0.25, -0.2) is 9.97 Å². The zero-order valence-corrected chi connectivity index (χ0v) is 11.9. The lowest BCUT2D eigenvalue weighted by atomic mass is 10.2. The fourth-order valence-corrected chi connectivity index (χ4v) is 2.22. The Morgan fingerprint density at radius 2 is 2.10 bits per heavy atom. The van der Waals surface area contributed by atoms with E-state index >= 15 is 0 Å². The second-order valence-corrected chi connectivity index (χ2v) is 5.04. The summed E-state index contributed by atoms with van der Waals surface area (Å²) in [7, 11) is 1.67. The van der Waals surface area contributed by atoms with Crippen LogP contribution in [0.25, 0.3) is 11.4 Å². The van der Waals surface area contributed by atoms with Crippen LogP contribution in [0, 0.1) is 0 Å². The molecule has 1 N–H and O–H groups in total. The molecule has 1 aromatic heterocycles. The number of benzene rings is 1. The van der Waals surface area contributed by atoms with Crippen molar-refractivity contribution in [3.05, 3.63) is 36.0 Å². The molecule has 4 nitrogen and oxygen atoms in total. The van der Waals surface area contributed by atoms with Gasteiger partial charge in [0.2, 0.25) is 0 Å². The lowest BCUT2D eigenvalue weighted by Crippen LogP contribution is -2.03. The third kappa shape index (κ3) is 2.74. The normalized spacial score (nSPS) is 14.1. The third-order valence-corrected chi connectivity index (χ3v) is 3.43. The van der Waals surface area contributed by atoms with Crippen LogP contribution in [0.2, 0.25) is 0 Å². The molecular formula is C16H19N3O. The van der Waals surface area contributed by atoms with Crippen LogP contribution in [-0.4, -0.2) is 23.6 Å². The summed E-state index contributed by atoms with van der Waals surface area (Å²) in [5.41, 5.74) is 2.14. The van der Waals surface area contributed by atoms with Crippen LogP contribution < -0.4 is 10.1 Å². The van der Waals surface area contributed by atoms with Crippen LogP contribution in [0.15, 0.2) is 30.3 Å². The number of rotatable bonds is 5. The molecule has 2 aromatic rings. The van der Waals surface area contributed by atoms with Crippen molar-refractivity contribution in [2.45, 2.75) is 25.7 Å². The molecular weight excluding hydrogens is 250 g/mol. The average molecular weight is 269 g/mol. The van der Waals surface area contributed by atoms with Crippen LogP contribution >= 0.6 is 0 Å². The van der Waals surface area contributed by atoms with Crippen LogP contribution in [0.3, 0.4) is 0 Å². The maximum Gasteiger partial charge on any atom is 0.161 e. The van der Waals surface area contributed by atoms with Crippen molar-refractivity contribution in [3.63, 3.8) is 0 Å². The van der Waals surface area contributed by atoms with Gasteiger partial charge in [-0.2, -0.15) is 0 Å². The van der Waals surface area contributed by atoms with E-state index in [1.807, 2.05) is 24.3 Å². The zero-order chi connectivity index (χ0) is 13.9. The Morgan fingerprint density at radius 3 is 2.80 bits per heavy atom. The van der Waals surface area contributed by atoms with Gasteiger partial charge >= 0.3 is 0 Å². The first kappa shape index (κ1) is 12.9. The number of aromatic nitrogens is 2. The number of ether oxygens (including phenoxy) is 1. The van der Waals surface area contributed by atoms with Crippen LogP contribution in [0.5, 0.6) is 5.75 Å². The fourth-order valence-electron chi connectivity index (χ4n) is 2.22. The summed E-state index contributed by atoms with van der Waals surface area (Å²) < 4.78 is 5.27. The predicted octanol–water partition coefficient (Wildman–Crippen LogP) is 3.46. The Balaban J connectivity index is 2.01. The molecule has 0 unspecified atom stereocenters. The maximum absolute atomic E-state index is 5.27. The average Bonchev–Trinajstić information content (AvgIpc) is 3.32. The van der Waals surface area contributed by atoms with Gasteiger partial charge in [0, 0.05) is 29.8 Å².